The van der Waals surface area contributed by atoms with Gasteiger partial charge >= 0.3 is 0 Å². The Balaban J connectivity index is 2.12. The molecule has 0 aliphatic heterocycles. The molecule has 3 aromatic rings. The van der Waals surface area contributed by atoms with Crippen molar-refractivity contribution in [2.24, 2.45) is 0 Å². The van der Waals surface area contributed by atoms with Gasteiger partial charge in [0.25, 0.3) is 5.91 Å². The summed E-state index contributed by atoms with van der Waals surface area (Å²) < 4.78 is 7.44. The lowest BCUT2D eigenvalue weighted by atomic mass is 10.2. The summed E-state index contributed by atoms with van der Waals surface area (Å²) in [6.07, 6.45) is 2.32. The van der Waals surface area contributed by atoms with Gasteiger partial charge in [0.1, 0.15) is 5.75 Å². The van der Waals surface area contributed by atoms with E-state index in [1.165, 1.54) is 4.57 Å². The molecule has 4 nitrogen and oxygen atoms in total. The van der Waals surface area contributed by atoms with Crippen molar-refractivity contribution in [3.63, 3.8) is 0 Å². The van der Waals surface area contributed by atoms with Crippen LogP contribution in [-0.2, 0) is 0 Å². The molecule has 5 heteroatoms. The fourth-order valence-corrected chi connectivity index (χ4v) is 2.72. The Morgan fingerprint density at radius 3 is 2.55 bits per heavy atom. The summed E-state index contributed by atoms with van der Waals surface area (Å²) in [5.41, 5.74) is 1.71. The van der Waals surface area contributed by atoms with Gasteiger partial charge in [-0.15, -0.1) is 0 Å². The van der Waals surface area contributed by atoms with Crippen LogP contribution in [0.4, 0.5) is 0 Å². The SMILES string of the molecule is COc1ccc(C(=O)n2cc(C=O)c3cc(Br)ccc32)cc1. The van der Waals surface area contributed by atoms with Crippen LogP contribution in [0.25, 0.3) is 10.9 Å². The normalized spacial score (nSPS) is 10.6. The molecule has 0 fully saturated rings. The van der Waals surface area contributed by atoms with Gasteiger partial charge in [0.05, 0.1) is 12.6 Å². The van der Waals surface area contributed by atoms with Crippen molar-refractivity contribution in [2.45, 2.75) is 0 Å². The van der Waals surface area contributed by atoms with Crippen LogP contribution >= 0.6 is 15.9 Å². The predicted molar refractivity (Wildman–Crippen MR) is 87.7 cm³/mol. The first-order chi connectivity index (χ1) is 10.6. The van der Waals surface area contributed by atoms with Gasteiger partial charge in [0.2, 0.25) is 0 Å². The monoisotopic (exact) mass is 357 g/mol. The van der Waals surface area contributed by atoms with E-state index in [0.29, 0.717) is 22.4 Å². The molecule has 0 spiro atoms. The molecule has 0 N–H and O–H groups in total. The Bertz CT molecular complexity index is 865. The number of hydrogen-bond acceptors (Lipinski definition) is 3. The van der Waals surface area contributed by atoms with Crippen LogP contribution in [0.5, 0.6) is 5.75 Å². The lowest BCUT2D eigenvalue weighted by molar-refractivity contribution is 0.0965. The maximum atomic E-state index is 12.7. The molecule has 110 valence electrons. The molecule has 0 radical (unpaired) electrons. The summed E-state index contributed by atoms with van der Waals surface area (Å²) in [5, 5.41) is 0.742. The van der Waals surface area contributed by atoms with Crippen LogP contribution in [-0.4, -0.2) is 23.9 Å². The summed E-state index contributed by atoms with van der Waals surface area (Å²) in [7, 11) is 1.57. The largest absolute Gasteiger partial charge is 0.497 e. The van der Waals surface area contributed by atoms with Crippen molar-refractivity contribution in [1.29, 1.82) is 0 Å². The molecular formula is C17H12BrNO3. The Morgan fingerprint density at radius 2 is 1.91 bits per heavy atom. The topological polar surface area (TPSA) is 48.3 Å². The lowest BCUT2D eigenvalue weighted by Crippen LogP contribution is -2.10. The van der Waals surface area contributed by atoms with E-state index >= 15 is 0 Å². The molecule has 0 unspecified atom stereocenters. The molecule has 2 aromatic carbocycles. The molecule has 0 atom stereocenters. The van der Waals surface area contributed by atoms with Gasteiger partial charge in [-0.3, -0.25) is 14.2 Å². The van der Waals surface area contributed by atoms with Gasteiger partial charge < -0.3 is 4.74 Å². The van der Waals surface area contributed by atoms with Crippen LogP contribution in [0.15, 0.2) is 53.1 Å². The van der Waals surface area contributed by atoms with Crippen molar-refractivity contribution < 1.29 is 14.3 Å². The van der Waals surface area contributed by atoms with Crippen LogP contribution in [0.3, 0.4) is 0 Å². The fourth-order valence-electron chi connectivity index (χ4n) is 2.36. The van der Waals surface area contributed by atoms with E-state index < -0.39 is 0 Å². The molecule has 0 aliphatic rings. The van der Waals surface area contributed by atoms with Crippen molar-refractivity contribution in [3.8, 4) is 5.75 Å². The van der Waals surface area contributed by atoms with E-state index in [9.17, 15) is 9.59 Å². The number of benzene rings is 2. The zero-order chi connectivity index (χ0) is 15.7. The third kappa shape index (κ3) is 2.44. The van der Waals surface area contributed by atoms with E-state index in [-0.39, 0.29) is 5.91 Å². The van der Waals surface area contributed by atoms with Crippen molar-refractivity contribution in [1.82, 2.24) is 4.57 Å². The van der Waals surface area contributed by atoms with Crippen LogP contribution in [0.2, 0.25) is 0 Å². The Morgan fingerprint density at radius 1 is 1.18 bits per heavy atom. The first kappa shape index (κ1) is 14.5. The lowest BCUT2D eigenvalue weighted by Gasteiger charge is -2.05. The molecule has 0 aliphatic carbocycles. The van der Waals surface area contributed by atoms with Crippen molar-refractivity contribution in [3.05, 3.63) is 64.3 Å². The zero-order valence-corrected chi connectivity index (χ0v) is 13.3. The standard InChI is InChI=1S/C17H12BrNO3/c1-22-14-5-2-11(3-6-14)17(21)19-9-12(10-20)15-8-13(18)4-7-16(15)19/h2-10H,1H3. The van der Waals surface area contributed by atoms with E-state index in [0.717, 1.165) is 16.1 Å². The van der Waals surface area contributed by atoms with E-state index in [1.807, 2.05) is 18.2 Å². The molecule has 0 saturated heterocycles. The molecule has 1 heterocycles. The average Bonchev–Trinajstić information content (AvgIpc) is 2.92. The first-order valence-corrected chi connectivity index (χ1v) is 7.38. The maximum absolute atomic E-state index is 12.7. The van der Waals surface area contributed by atoms with Gasteiger partial charge in [-0.05, 0) is 42.5 Å². The Kier molecular flexibility index (Phi) is 3.81. The highest BCUT2D eigenvalue weighted by atomic mass is 79.9. The molecule has 0 amide bonds. The number of aromatic nitrogens is 1. The van der Waals surface area contributed by atoms with Crippen molar-refractivity contribution in [2.75, 3.05) is 7.11 Å². The number of carbonyl (C=O) groups is 2. The molecule has 0 bridgehead atoms. The Labute approximate surface area is 135 Å². The van der Waals surface area contributed by atoms with Crippen molar-refractivity contribution >= 4 is 39.0 Å². The predicted octanol–water partition coefficient (Wildman–Crippen LogP) is 3.91. The second-order valence-electron chi connectivity index (χ2n) is 4.77. The second-order valence-corrected chi connectivity index (χ2v) is 5.68. The summed E-state index contributed by atoms with van der Waals surface area (Å²) >= 11 is 3.38. The summed E-state index contributed by atoms with van der Waals surface area (Å²) in [4.78, 5) is 23.9. The number of aldehydes is 1. The molecule has 1 aromatic heterocycles. The Hall–Kier alpha value is -2.40. The zero-order valence-electron chi connectivity index (χ0n) is 11.7. The third-order valence-electron chi connectivity index (χ3n) is 3.48. The van der Waals surface area contributed by atoms with E-state index in [4.69, 9.17) is 4.74 Å². The van der Waals surface area contributed by atoms with Gasteiger partial charge in [-0.25, -0.2) is 0 Å². The highest BCUT2D eigenvalue weighted by Gasteiger charge is 2.15. The first-order valence-electron chi connectivity index (χ1n) is 6.58. The number of hydrogen-bond donors (Lipinski definition) is 0. The average molecular weight is 358 g/mol. The van der Waals surface area contributed by atoms with E-state index in [1.54, 1.807) is 37.6 Å². The van der Waals surface area contributed by atoms with Crippen LogP contribution in [0, 0.1) is 0 Å². The highest BCUT2D eigenvalue weighted by molar-refractivity contribution is 9.10. The number of fused-ring (bicyclic) bond motifs is 1. The number of halogens is 1. The number of rotatable bonds is 3. The van der Waals surface area contributed by atoms with E-state index in [2.05, 4.69) is 15.9 Å². The third-order valence-corrected chi connectivity index (χ3v) is 3.97. The molecular weight excluding hydrogens is 346 g/mol. The van der Waals surface area contributed by atoms with Gasteiger partial charge in [-0.2, -0.15) is 0 Å². The molecule has 3 rings (SSSR count). The summed E-state index contributed by atoms with van der Waals surface area (Å²) in [6, 6.07) is 12.4. The molecule has 22 heavy (non-hydrogen) atoms. The van der Waals surface area contributed by atoms with Gasteiger partial charge in [-0.1, -0.05) is 15.9 Å². The van der Waals surface area contributed by atoms with Crippen LogP contribution in [0.1, 0.15) is 20.7 Å². The highest BCUT2D eigenvalue weighted by Crippen LogP contribution is 2.25. The van der Waals surface area contributed by atoms with Gasteiger partial charge in [0, 0.05) is 27.2 Å². The summed E-state index contributed by atoms with van der Waals surface area (Å²) in [5.74, 6) is 0.495. The number of nitrogens with zero attached hydrogens (tertiary/aromatic N) is 1. The minimum atomic E-state index is -0.192. The maximum Gasteiger partial charge on any atom is 0.262 e. The number of carbonyl (C=O) groups excluding carboxylic acids is 2. The smallest absolute Gasteiger partial charge is 0.262 e. The second kappa shape index (κ2) is 5.77. The minimum Gasteiger partial charge on any atom is -0.497 e. The quantitative estimate of drug-likeness (QED) is 0.667. The molecule has 0 saturated carbocycles. The van der Waals surface area contributed by atoms with Gasteiger partial charge in [0.15, 0.2) is 6.29 Å². The number of ether oxygens (including phenoxy) is 1. The fraction of sp³-hybridized carbons (Fsp3) is 0.0588. The summed E-state index contributed by atoms with van der Waals surface area (Å²) in [6.45, 7) is 0. The van der Waals surface area contributed by atoms with Crippen LogP contribution < -0.4 is 4.74 Å². The minimum absolute atomic E-state index is 0.192. The number of methoxy groups -OCH3 is 1.